The molecule has 0 radical (unpaired) electrons. The fourth-order valence-corrected chi connectivity index (χ4v) is 5.48. The molecule has 1 saturated carbocycles. The molecule has 0 unspecified atom stereocenters. The van der Waals surface area contributed by atoms with Crippen molar-refractivity contribution in [1.29, 1.82) is 0 Å². The summed E-state index contributed by atoms with van der Waals surface area (Å²) in [6.07, 6.45) is 7.09. The van der Waals surface area contributed by atoms with Crippen molar-refractivity contribution in [2.24, 2.45) is 5.73 Å². The highest BCUT2D eigenvalue weighted by atomic mass is 16.2. The molecule has 0 atom stereocenters. The van der Waals surface area contributed by atoms with E-state index in [1.165, 1.54) is 5.56 Å². The lowest BCUT2D eigenvalue weighted by Crippen LogP contribution is -2.54. The molecule has 1 spiro atoms. The molecule has 1 aliphatic heterocycles. The lowest BCUT2D eigenvalue weighted by Gasteiger charge is -2.48. The zero-order valence-electron chi connectivity index (χ0n) is 20.1. The summed E-state index contributed by atoms with van der Waals surface area (Å²) in [5.41, 5.74) is 8.23. The van der Waals surface area contributed by atoms with Crippen LogP contribution in [0, 0.1) is 0 Å². The molecular formula is C27H30N6O2. The van der Waals surface area contributed by atoms with Crippen LogP contribution in [0.5, 0.6) is 0 Å². The number of rotatable bonds is 5. The molecule has 5 rings (SSSR count). The third kappa shape index (κ3) is 4.14. The van der Waals surface area contributed by atoms with Crippen LogP contribution in [-0.4, -0.2) is 53.0 Å². The van der Waals surface area contributed by atoms with E-state index < -0.39 is 5.91 Å². The van der Waals surface area contributed by atoms with Crippen LogP contribution in [0.4, 0.5) is 10.5 Å². The Morgan fingerprint density at radius 3 is 2.17 bits per heavy atom. The molecule has 1 aromatic heterocycles. The standard InChI is InChI=1S/C27H30N6O2/c1-32(2)27(21-6-4-3-5-7-21)14-12-26(13-15-27)18-33(25(35)31-26)22-16-29-24(30-17-22)20-10-8-19(9-11-20)23(28)34/h3-11,16-17H,12-15,18H2,1-2H3,(H2,28,34)(H,31,35)/t26-,27+. The van der Waals surface area contributed by atoms with Gasteiger partial charge in [0.1, 0.15) is 0 Å². The number of carbonyl (C=O) groups excluding carboxylic acids is 2. The van der Waals surface area contributed by atoms with E-state index in [1.807, 2.05) is 0 Å². The van der Waals surface area contributed by atoms with E-state index in [1.54, 1.807) is 41.6 Å². The maximum atomic E-state index is 13.0. The number of hydrogen-bond acceptors (Lipinski definition) is 5. The minimum absolute atomic E-state index is 0.0283. The lowest BCUT2D eigenvalue weighted by molar-refractivity contribution is 0.0658. The number of benzene rings is 2. The van der Waals surface area contributed by atoms with Gasteiger partial charge in [0.2, 0.25) is 5.91 Å². The van der Waals surface area contributed by atoms with E-state index in [9.17, 15) is 9.59 Å². The predicted molar refractivity (Wildman–Crippen MR) is 135 cm³/mol. The van der Waals surface area contributed by atoms with Crippen molar-refractivity contribution in [2.45, 2.75) is 36.8 Å². The van der Waals surface area contributed by atoms with E-state index >= 15 is 0 Å². The first kappa shape index (κ1) is 23.0. The Balaban J connectivity index is 1.31. The molecule has 35 heavy (non-hydrogen) atoms. The molecule has 1 aliphatic carbocycles. The SMILES string of the molecule is CN(C)[C@]1(c2ccccc2)CC[C@]2(CC1)CN(c1cnc(-c3ccc(C(N)=O)cc3)nc1)C(=O)N2. The van der Waals surface area contributed by atoms with E-state index in [4.69, 9.17) is 5.73 Å². The fraction of sp³-hybridized carbons (Fsp3) is 0.333. The number of aromatic nitrogens is 2. The van der Waals surface area contributed by atoms with Crippen LogP contribution in [0.2, 0.25) is 0 Å². The van der Waals surface area contributed by atoms with E-state index in [0.717, 1.165) is 31.2 Å². The molecule has 2 fully saturated rings. The number of nitrogens with zero attached hydrogens (tertiary/aromatic N) is 4. The summed E-state index contributed by atoms with van der Waals surface area (Å²) < 4.78 is 0. The Labute approximate surface area is 205 Å². The van der Waals surface area contributed by atoms with Crippen molar-refractivity contribution in [1.82, 2.24) is 20.2 Å². The fourth-order valence-electron chi connectivity index (χ4n) is 5.48. The maximum Gasteiger partial charge on any atom is 0.322 e. The Morgan fingerprint density at radius 2 is 1.60 bits per heavy atom. The summed E-state index contributed by atoms with van der Waals surface area (Å²) in [4.78, 5) is 37.3. The molecule has 2 heterocycles. The minimum atomic E-state index is -0.476. The number of hydrogen-bond donors (Lipinski definition) is 2. The normalized spacial score (nSPS) is 24.1. The van der Waals surface area contributed by atoms with Gasteiger partial charge in [-0.2, -0.15) is 0 Å². The van der Waals surface area contributed by atoms with Gasteiger partial charge in [0.15, 0.2) is 5.82 Å². The molecular weight excluding hydrogens is 440 g/mol. The van der Waals surface area contributed by atoms with Crippen LogP contribution in [0.15, 0.2) is 67.0 Å². The van der Waals surface area contributed by atoms with Gasteiger partial charge in [-0.25, -0.2) is 14.8 Å². The topological polar surface area (TPSA) is 104 Å². The average Bonchev–Trinajstić information content (AvgIpc) is 3.20. The van der Waals surface area contributed by atoms with Crippen LogP contribution in [0.1, 0.15) is 41.6 Å². The van der Waals surface area contributed by atoms with Crippen molar-refractivity contribution in [2.75, 3.05) is 25.5 Å². The number of nitrogens with one attached hydrogen (secondary N) is 1. The predicted octanol–water partition coefficient (Wildman–Crippen LogP) is 3.54. The first-order valence-electron chi connectivity index (χ1n) is 11.9. The summed E-state index contributed by atoms with van der Waals surface area (Å²) in [5, 5.41) is 3.28. The summed E-state index contributed by atoms with van der Waals surface area (Å²) in [6.45, 7) is 0.597. The number of anilines is 1. The molecule has 3 N–H and O–H groups in total. The van der Waals surface area contributed by atoms with Crippen molar-refractivity contribution >= 4 is 17.6 Å². The summed E-state index contributed by atoms with van der Waals surface area (Å²) in [6, 6.07) is 17.4. The van der Waals surface area contributed by atoms with Crippen LogP contribution in [0.25, 0.3) is 11.4 Å². The molecule has 1 saturated heterocycles. The molecule has 3 aromatic rings. The number of urea groups is 1. The van der Waals surface area contributed by atoms with Gasteiger partial charge in [-0.1, -0.05) is 42.5 Å². The van der Waals surface area contributed by atoms with Gasteiger partial charge in [0.25, 0.3) is 0 Å². The number of amides is 3. The Bertz CT molecular complexity index is 1220. The second-order valence-electron chi connectivity index (χ2n) is 9.80. The van der Waals surface area contributed by atoms with Crippen LogP contribution in [0.3, 0.4) is 0 Å². The molecule has 3 amide bonds. The number of primary amides is 1. The van der Waals surface area contributed by atoms with Crippen molar-refractivity contribution in [3.05, 3.63) is 78.1 Å². The summed E-state index contributed by atoms with van der Waals surface area (Å²) >= 11 is 0. The molecule has 2 aromatic carbocycles. The highest BCUT2D eigenvalue weighted by Gasteiger charge is 2.50. The van der Waals surface area contributed by atoms with Gasteiger partial charge in [0.05, 0.1) is 30.2 Å². The van der Waals surface area contributed by atoms with Crippen LogP contribution >= 0.6 is 0 Å². The largest absolute Gasteiger partial charge is 0.366 e. The first-order valence-corrected chi connectivity index (χ1v) is 11.9. The zero-order valence-corrected chi connectivity index (χ0v) is 20.1. The third-order valence-corrected chi connectivity index (χ3v) is 7.66. The van der Waals surface area contributed by atoms with Gasteiger partial charge in [-0.05, 0) is 57.5 Å². The quantitative estimate of drug-likeness (QED) is 0.594. The first-order chi connectivity index (χ1) is 16.8. The third-order valence-electron chi connectivity index (χ3n) is 7.66. The Hall–Kier alpha value is -3.78. The molecule has 8 nitrogen and oxygen atoms in total. The summed E-state index contributed by atoms with van der Waals surface area (Å²) in [5.74, 6) is 0.0477. The van der Waals surface area contributed by atoms with Gasteiger partial charge < -0.3 is 11.1 Å². The van der Waals surface area contributed by atoms with Crippen molar-refractivity contribution in [3.63, 3.8) is 0 Å². The van der Waals surface area contributed by atoms with Crippen LogP contribution in [-0.2, 0) is 5.54 Å². The highest BCUT2D eigenvalue weighted by Crippen LogP contribution is 2.46. The second kappa shape index (κ2) is 8.78. The minimum Gasteiger partial charge on any atom is -0.366 e. The van der Waals surface area contributed by atoms with Gasteiger partial charge in [0, 0.05) is 16.7 Å². The Morgan fingerprint density at radius 1 is 0.971 bits per heavy atom. The van der Waals surface area contributed by atoms with E-state index in [2.05, 4.69) is 64.6 Å². The molecule has 180 valence electrons. The smallest absolute Gasteiger partial charge is 0.322 e. The van der Waals surface area contributed by atoms with Gasteiger partial charge in [-0.15, -0.1) is 0 Å². The molecule has 2 aliphatic rings. The lowest BCUT2D eigenvalue weighted by atomic mass is 9.69. The zero-order chi connectivity index (χ0) is 24.6. The summed E-state index contributed by atoms with van der Waals surface area (Å²) in [7, 11) is 4.29. The van der Waals surface area contributed by atoms with Gasteiger partial charge >= 0.3 is 6.03 Å². The van der Waals surface area contributed by atoms with E-state index in [-0.39, 0.29) is 17.1 Å². The Kier molecular flexibility index (Phi) is 5.76. The monoisotopic (exact) mass is 470 g/mol. The maximum absolute atomic E-state index is 13.0. The van der Waals surface area contributed by atoms with Crippen molar-refractivity contribution < 1.29 is 9.59 Å². The van der Waals surface area contributed by atoms with Gasteiger partial charge in [-0.3, -0.25) is 14.6 Å². The average molecular weight is 471 g/mol. The number of nitrogens with two attached hydrogens (primary N) is 1. The van der Waals surface area contributed by atoms with Crippen LogP contribution < -0.4 is 16.0 Å². The molecule has 8 heteroatoms. The van der Waals surface area contributed by atoms with E-state index in [0.29, 0.717) is 23.6 Å². The number of carbonyl (C=O) groups is 2. The highest BCUT2D eigenvalue weighted by molar-refractivity contribution is 5.95. The van der Waals surface area contributed by atoms with Crippen molar-refractivity contribution in [3.8, 4) is 11.4 Å². The second-order valence-corrected chi connectivity index (χ2v) is 9.80. The molecule has 0 bridgehead atoms.